The van der Waals surface area contributed by atoms with Gasteiger partial charge >= 0.3 is 0 Å². The predicted octanol–water partition coefficient (Wildman–Crippen LogP) is 3.19. The van der Waals surface area contributed by atoms with Gasteiger partial charge in [-0.1, -0.05) is 11.3 Å². The lowest BCUT2D eigenvalue weighted by atomic mass is 10.5. The first kappa shape index (κ1) is 8.74. The van der Waals surface area contributed by atoms with Crippen LogP contribution in [0, 0.1) is 0 Å². The maximum absolute atomic E-state index is 4.16. The molecule has 0 radical (unpaired) electrons. The zero-order valence-electron chi connectivity index (χ0n) is 5.49. The van der Waals surface area contributed by atoms with E-state index in [2.05, 4.69) is 47.0 Å². The van der Waals surface area contributed by atoms with E-state index in [9.17, 15) is 0 Å². The molecule has 3 nitrogen and oxygen atoms in total. The normalized spacial score (nSPS) is 10.5. The van der Waals surface area contributed by atoms with Crippen molar-refractivity contribution in [3.63, 3.8) is 0 Å². The van der Waals surface area contributed by atoms with Gasteiger partial charge in [0, 0.05) is 0 Å². The summed E-state index contributed by atoms with van der Waals surface area (Å²) >= 11 is 9.65. The van der Waals surface area contributed by atoms with Gasteiger partial charge in [-0.3, -0.25) is 0 Å². The Labute approximate surface area is 93.1 Å². The van der Waals surface area contributed by atoms with Gasteiger partial charge in [0.25, 0.3) is 0 Å². The largest absolute Gasteiger partial charge is 0.241 e. The molecule has 0 amide bonds. The number of thiazole rings is 1. The van der Waals surface area contributed by atoms with Crippen molar-refractivity contribution < 1.29 is 0 Å². The van der Waals surface area contributed by atoms with Crippen LogP contribution in [0.3, 0.4) is 0 Å². The molecular formula is C5HBr2N3S2. The summed E-state index contributed by atoms with van der Waals surface area (Å²) in [7, 11) is 0. The fourth-order valence-corrected chi connectivity index (χ4v) is 3.03. The van der Waals surface area contributed by atoms with Crippen LogP contribution in [0.25, 0.3) is 10.7 Å². The third-order valence-corrected chi connectivity index (χ3v) is 4.04. The fraction of sp³-hybridized carbons (Fsp3) is 0. The zero-order chi connectivity index (χ0) is 8.55. The Balaban J connectivity index is 2.50. The summed E-state index contributed by atoms with van der Waals surface area (Å²) in [5.41, 5.74) is 2.64. The summed E-state index contributed by atoms with van der Waals surface area (Å²) in [6, 6.07) is 0. The lowest BCUT2D eigenvalue weighted by Crippen LogP contribution is -1.75. The summed E-state index contributed by atoms with van der Waals surface area (Å²) in [6.45, 7) is 0. The minimum absolute atomic E-state index is 0.775. The molecule has 0 saturated carbocycles. The molecule has 0 aliphatic rings. The van der Waals surface area contributed by atoms with Gasteiger partial charge in [-0.2, -0.15) is 0 Å². The van der Waals surface area contributed by atoms with E-state index in [-0.39, 0.29) is 0 Å². The molecule has 0 aliphatic heterocycles. The number of rotatable bonds is 1. The van der Waals surface area contributed by atoms with E-state index in [0.717, 1.165) is 18.4 Å². The van der Waals surface area contributed by atoms with E-state index in [1.54, 1.807) is 5.51 Å². The van der Waals surface area contributed by atoms with E-state index in [1.807, 2.05) is 0 Å². The molecule has 2 aromatic rings. The Morgan fingerprint density at radius 2 is 2.08 bits per heavy atom. The van der Waals surface area contributed by atoms with Gasteiger partial charge in [0.1, 0.15) is 9.48 Å². The van der Waals surface area contributed by atoms with Crippen molar-refractivity contribution in [1.29, 1.82) is 0 Å². The third kappa shape index (κ3) is 1.59. The third-order valence-electron chi connectivity index (χ3n) is 1.13. The first-order chi connectivity index (χ1) is 5.77. The predicted molar refractivity (Wildman–Crippen MR) is 56.4 cm³/mol. The molecule has 2 aromatic heterocycles. The molecule has 12 heavy (non-hydrogen) atoms. The van der Waals surface area contributed by atoms with Crippen LogP contribution in [0.2, 0.25) is 0 Å². The molecule has 0 saturated heterocycles. The lowest BCUT2D eigenvalue weighted by molar-refractivity contribution is 1.07. The highest BCUT2D eigenvalue weighted by Crippen LogP contribution is 2.33. The summed E-state index contributed by atoms with van der Waals surface area (Å²) < 4.78 is 1.77. The molecule has 7 heteroatoms. The summed E-state index contributed by atoms with van der Waals surface area (Å²) in [6.07, 6.45) is 0. The van der Waals surface area contributed by atoms with Crippen LogP contribution in [-0.2, 0) is 0 Å². The van der Waals surface area contributed by atoms with Crippen LogP contribution in [0.5, 0.6) is 0 Å². The van der Waals surface area contributed by atoms with E-state index in [1.165, 1.54) is 22.7 Å². The molecule has 0 spiro atoms. The summed E-state index contributed by atoms with van der Waals surface area (Å²) in [5.74, 6) is 0. The second kappa shape index (κ2) is 3.49. The minimum atomic E-state index is 0.775. The van der Waals surface area contributed by atoms with Crippen molar-refractivity contribution in [3.05, 3.63) is 13.2 Å². The highest BCUT2D eigenvalue weighted by atomic mass is 79.9. The van der Waals surface area contributed by atoms with Crippen molar-refractivity contribution in [2.75, 3.05) is 0 Å². The quantitative estimate of drug-likeness (QED) is 0.807. The monoisotopic (exact) mass is 325 g/mol. The number of nitrogens with zero attached hydrogens (tertiary/aromatic N) is 3. The van der Waals surface area contributed by atoms with Gasteiger partial charge in [0.05, 0.1) is 5.51 Å². The highest BCUT2D eigenvalue weighted by molar-refractivity contribution is 9.11. The Bertz CT molecular complexity index is 397. The van der Waals surface area contributed by atoms with Gasteiger partial charge in [-0.15, -0.1) is 21.5 Å². The lowest BCUT2D eigenvalue weighted by Gasteiger charge is -1.85. The van der Waals surface area contributed by atoms with Crippen molar-refractivity contribution in [2.24, 2.45) is 0 Å². The number of hydrogen-bond donors (Lipinski definition) is 0. The minimum Gasteiger partial charge on any atom is -0.241 e. The summed E-state index contributed by atoms with van der Waals surface area (Å²) in [4.78, 5) is 4.16. The Morgan fingerprint density at radius 1 is 1.25 bits per heavy atom. The summed E-state index contributed by atoms with van der Waals surface area (Å²) in [5, 5.41) is 8.63. The van der Waals surface area contributed by atoms with Crippen molar-refractivity contribution in [1.82, 2.24) is 15.2 Å². The van der Waals surface area contributed by atoms with Crippen molar-refractivity contribution in [2.45, 2.75) is 0 Å². The van der Waals surface area contributed by atoms with Crippen LogP contribution in [0.4, 0.5) is 0 Å². The average molecular weight is 327 g/mol. The van der Waals surface area contributed by atoms with Gasteiger partial charge in [-0.05, 0) is 31.9 Å². The molecule has 0 bridgehead atoms. The molecule has 0 unspecified atom stereocenters. The maximum Gasteiger partial charge on any atom is 0.183 e. The van der Waals surface area contributed by atoms with Crippen molar-refractivity contribution in [3.8, 4) is 10.7 Å². The van der Waals surface area contributed by atoms with Crippen LogP contribution >= 0.6 is 54.5 Å². The Morgan fingerprint density at radius 3 is 2.58 bits per heavy atom. The van der Waals surface area contributed by atoms with Gasteiger partial charge < -0.3 is 0 Å². The maximum atomic E-state index is 4.16. The SMILES string of the molecule is Brc1nnc(-c2ncsc2Br)s1. The standard InChI is InChI=1S/C5HBr2N3S2/c6-3-2(8-1-11-3)4-9-10-5(7)12-4/h1H. The van der Waals surface area contributed by atoms with E-state index >= 15 is 0 Å². The smallest absolute Gasteiger partial charge is 0.183 e. The van der Waals surface area contributed by atoms with Crippen LogP contribution in [-0.4, -0.2) is 15.2 Å². The fourth-order valence-electron chi connectivity index (χ4n) is 0.672. The Hall–Kier alpha value is 0.150. The first-order valence-corrected chi connectivity index (χ1v) is 6.14. The topological polar surface area (TPSA) is 38.7 Å². The van der Waals surface area contributed by atoms with Crippen LogP contribution in [0.1, 0.15) is 0 Å². The van der Waals surface area contributed by atoms with Crippen LogP contribution < -0.4 is 0 Å². The average Bonchev–Trinajstić information content (AvgIpc) is 2.58. The first-order valence-electron chi connectivity index (χ1n) is 2.86. The molecule has 0 fully saturated rings. The van der Waals surface area contributed by atoms with Crippen molar-refractivity contribution >= 4 is 54.5 Å². The molecule has 0 N–H and O–H groups in total. The molecule has 0 aliphatic carbocycles. The molecular weight excluding hydrogens is 326 g/mol. The molecule has 2 rings (SSSR count). The second-order valence-corrected chi connectivity index (χ2v) is 6.26. The van der Waals surface area contributed by atoms with Gasteiger partial charge in [0.15, 0.2) is 8.92 Å². The molecule has 2 heterocycles. The van der Waals surface area contributed by atoms with Crippen LogP contribution in [0.15, 0.2) is 13.2 Å². The molecule has 62 valence electrons. The number of halogens is 2. The zero-order valence-corrected chi connectivity index (χ0v) is 10.3. The van der Waals surface area contributed by atoms with E-state index < -0.39 is 0 Å². The van der Waals surface area contributed by atoms with Gasteiger partial charge in [0.2, 0.25) is 0 Å². The van der Waals surface area contributed by atoms with E-state index in [4.69, 9.17) is 0 Å². The highest BCUT2D eigenvalue weighted by Gasteiger charge is 2.10. The van der Waals surface area contributed by atoms with E-state index in [0.29, 0.717) is 0 Å². The van der Waals surface area contributed by atoms with Gasteiger partial charge in [-0.25, -0.2) is 4.98 Å². The Kier molecular flexibility index (Phi) is 2.54. The second-order valence-electron chi connectivity index (χ2n) is 1.83. The molecule has 0 aromatic carbocycles. The number of hydrogen-bond acceptors (Lipinski definition) is 5. The molecule has 0 atom stereocenters. The number of aromatic nitrogens is 3.